The summed E-state index contributed by atoms with van der Waals surface area (Å²) < 4.78 is 14.5. The summed E-state index contributed by atoms with van der Waals surface area (Å²) in [6.07, 6.45) is 1.88. The molecule has 0 unspecified atom stereocenters. The van der Waals surface area contributed by atoms with E-state index in [2.05, 4.69) is 15.3 Å². The van der Waals surface area contributed by atoms with Crippen molar-refractivity contribution in [3.8, 4) is 10.6 Å². The molecule has 0 spiro atoms. The lowest BCUT2D eigenvalue weighted by Crippen LogP contribution is -2.26. The monoisotopic (exact) mass is 413 g/mol. The zero-order valence-electron chi connectivity index (χ0n) is 16.0. The van der Waals surface area contributed by atoms with E-state index in [4.69, 9.17) is 5.73 Å². The number of nitrogens with one attached hydrogen (secondary N) is 1. The van der Waals surface area contributed by atoms with E-state index in [1.54, 1.807) is 36.7 Å². The molecule has 0 atom stereocenters. The maximum absolute atomic E-state index is 14.5. The van der Waals surface area contributed by atoms with Crippen LogP contribution in [0.15, 0.2) is 41.9 Å². The van der Waals surface area contributed by atoms with Gasteiger partial charge < -0.3 is 16.0 Å². The van der Waals surface area contributed by atoms with Crippen LogP contribution in [0.4, 0.5) is 15.9 Å². The number of benzene rings is 1. The predicted molar refractivity (Wildman–Crippen MR) is 111 cm³/mol. The van der Waals surface area contributed by atoms with Gasteiger partial charge in [-0.15, -0.1) is 11.3 Å². The average Bonchev–Trinajstić information content (AvgIpc) is 3.22. The van der Waals surface area contributed by atoms with Gasteiger partial charge in [-0.2, -0.15) is 0 Å². The second-order valence-electron chi connectivity index (χ2n) is 6.28. The Morgan fingerprint density at radius 1 is 1.28 bits per heavy atom. The summed E-state index contributed by atoms with van der Waals surface area (Å²) in [5.74, 6) is -0.632. The van der Waals surface area contributed by atoms with E-state index in [0.717, 1.165) is 5.56 Å². The van der Waals surface area contributed by atoms with Gasteiger partial charge in [0.15, 0.2) is 0 Å². The van der Waals surface area contributed by atoms with Crippen molar-refractivity contribution in [2.75, 3.05) is 17.7 Å². The van der Waals surface area contributed by atoms with Gasteiger partial charge in [0.05, 0.1) is 5.69 Å². The lowest BCUT2D eigenvalue weighted by atomic mass is 10.2. The molecule has 3 aromatic rings. The van der Waals surface area contributed by atoms with Gasteiger partial charge in [-0.25, -0.2) is 14.4 Å². The topological polar surface area (TPSA) is 101 Å². The first-order chi connectivity index (χ1) is 13.9. The number of amides is 2. The molecule has 1 aromatic carbocycles. The number of hydrogen-bond acceptors (Lipinski definition) is 6. The van der Waals surface area contributed by atoms with Crippen LogP contribution < -0.4 is 16.0 Å². The Labute approximate surface area is 171 Å². The molecule has 29 heavy (non-hydrogen) atoms. The highest BCUT2D eigenvalue weighted by atomic mass is 32.1. The number of carbonyl (C=O) groups excluding carboxylic acids is 2. The third-order valence-corrected chi connectivity index (χ3v) is 5.16. The molecule has 9 heteroatoms. The zero-order valence-corrected chi connectivity index (χ0v) is 16.8. The van der Waals surface area contributed by atoms with Crippen LogP contribution in [0.1, 0.15) is 29.4 Å². The van der Waals surface area contributed by atoms with Crippen molar-refractivity contribution in [2.45, 2.75) is 19.9 Å². The largest absolute Gasteiger partial charge is 0.384 e. The fourth-order valence-corrected chi connectivity index (χ4v) is 3.40. The number of halogens is 1. The lowest BCUT2D eigenvalue weighted by molar-refractivity contribution is -0.118. The normalized spacial score (nSPS) is 10.6. The highest BCUT2D eigenvalue weighted by molar-refractivity contribution is 7.13. The van der Waals surface area contributed by atoms with Gasteiger partial charge in [0.25, 0.3) is 5.91 Å². The van der Waals surface area contributed by atoms with Crippen LogP contribution in [0, 0.1) is 5.82 Å². The molecule has 0 saturated carbocycles. The van der Waals surface area contributed by atoms with Crippen LogP contribution in [0.25, 0.3) is 10.6 Å². The van der Waals surface area contributed by atoms with Gasteiger partial charge in [-0.05, 0) is 29.8 Å². The lowest BCUT2D eigenvalue weighted by Gasteiger charge is -2.17. The minimum Gasteiger partial charge on any atom is -0.384 e. The van der Waals surface area contributed by atoms with E-state index in [-0.39, 0.29) is 29.6 Å². The van der Waals surface area contributed by atoms with Crippen molar-refractivity contribution in [3.63, 3.8) is 0 Å². The second kappa shape index (κ2) is 8.78. The summed E-state index contributed by atoms with van der Waals surface area (Å²) in [5.41, 5.74) is 7.33. The SMILES string of the molecule is CCC(=O)N(C)c1ccc(-c2nc(C(=O)NCc3ccc(N)nc3)cs2)cc1F. The van der Waals surface area contributed by atoms with Crippen molar-refractivity contribution < 1.29 is 14.0 Å². The average molecular weight is 413 g/mol. The summed E-state index contributed by atoms with van der Waals surface area (Å²) in [6.45, 7) is 2.01. The standard InChI is InChI=1S/C20H20FN5O2S/c1-3-18(27)26(2)16-6-5-13(8-14(16)21)20-25-15(11-29-20)19(28)24-10-12-4-7-17(22)23-9-12/h4-9,11H,3,10H2,1-2H3,(H2,22,23)(H,24,28). The fourth-order valence-electron chi connectivity index (χ4n) is 2.61. The van der Waals surface area contributed by atoms with Crippen molar-refractivity contribution in [1.29, 1.82) is 0 Å². The third-order valence-electron chi connectivity index (χ3n) is 4.27. The smallest absolute Gasteiger partial charge is 0.271 e. The van der Waals surface area contributed by atoms with Crippen molar-refractivity contribution in [3.05, 3.63) is 59.0 Å². The van der Waals surface area contributed by atoms with E-state index in [1.165, 1.54) is 35.4 Å². The Morgan fingerprint density at radius 3 is 2.72 bits per heavy atom. The minimum atomic E-state index is -0.524. The highest BCUT2D eigenvalue weighted by Crippen LogP contribution is 2.28. The third kappa shape index (κ3) is 4.75. The summed E-state index contributed by atoms with van der Waals surface area (Å²) in [6, 6.07) is 7.97. The van der Waals surface area contributed by atoms with E-state index < -0.39 is 5.82 Å². The molecule has 3 rings (SSSR count). The number of nitrogens with zero attached hydrogens (tertiary/aromatic N) is 3. The quantitative estimate of drug-likeness (QED) is 0.646. The molecule has 0 aliphatic heterocycles. The van der Waals surface area contributed by atoms with Gasteiger partial charge in [0.2, 0.25) is 5.91 Å². The van der Waals surface area contributed by atoms with Crippen LogP contribution >= 0.6 is 11.3 Å². The summed E-state index contributed by atoms with van der Waals surface area (Å²) in [4.78, 5) is 33.6. The Balaban J connectivity index is 1.70. The van der Waals surface area contributed by atoms with Gasteiger partial charge in [0.1, 0.15) is 22.3 Å². The number of anilines is 2. The predicted octanol–water partition coefficient (Wildman–Crippen LogP) is 3.23. The molecule has 0 saturated heterocycles. The minimum absolute atomic E-state index is 0.179. The molecular formula is C20H20FN5O2S. The second-order valence-corrected chi connectivity index (χ2v) is 7.14. The number of pyridine rings is 1. The zero-order chi connectivity index (χ0) is 21.0. The maximum Gasteiger partial charge on any atom is 0.271 e. The van der Waals surface area contributed by atoms with E-state index in [1.807, 2.05) is 0 Å². The summed E-state index contributed by atoms with van der Waals surface area (Å²) >= 11 is 1.24. The molecule has 3 N–H and O–H groups in total. The molecule has 0 bridgehead atoms. The number of carbonyl (C=O) groups is 2. The Hall–Kier alpha value is -3.33. The molecule has 2 amide bonds. The van der Waals surface area contributed by atoms with Crippen LogP contribution in [-0.2, 0) is 11.3 Å². The molecule has 0 aliphatic rings. The fraction of sp³-hybridized carbons (Fsp3) is 0.200. The summed E-state index contributed by atoms with van der Waals surface area (Å²) in [5, 5.41) is 4.89. The molecule has 2 heterocycles. The van der Waals surface area contributed by atoms with Gasteiger partial charge in [-0.1, -0.05) is 13.0 Å². The number of nitrogen functional groups attached to an aromatic ring is 1. The molecule has 2 aromatic heterocycles. The van der Waals surface area contributed by atoms with E-state index >= 15 is 0 Å². The van der Waals surface area contributed by atoms with Crippen LogP contribution in [0.3, 0.4) is 0 Å². The Morgan fingerprint density at radius 2 is 2.07 bits per heavy atom. The van der Waals surface area contributed by atoms with Crippen molar-refractivity contribution in [2.24, 2.45) is 0 Å². The van der Waals surface area contributed by atoms with Crippen LogP contribution in [0.2, 0.25) is 0 Å². The van der Waals surface area contributed by atoms with Crippen molar-refractivity contribution in [1.82, 2.24) is 15.3 Å². The highest BCUT2D eigenvalue weighted by Gasteiger charge is 2.16. The molecule has 150 valence electrons. The Kier molecular flexibility index (Phi) is 6.18. The van der Waals surface area contributed by atoms with Crippen molar-refractivity contribution >= 4 is 34.7 Å². The van der Waals surface area contributed by atoms with Gasteiger partial charge >= 0.3 is 0 Å². The molecule has 0 fully saturated rings. The maximum atomic E-state index is 14.5. The molecule has 0 radical (unpaired) electrons. The van der Waals surface area contributed by atoms with E-state index in [0.29, 0.717) is 22.9 Å². The molecular weight excluding hydrogens is 393 g/mol. The van der Waals surface area contributed by atoms with Gasteiger partial charge in [-0.3, -0.25) is 9.59 Å². The summed E-state index contributed by atoms with van der Waals surface area (Å²) in [7, 11) is 1.53. The first kappa shape index (κ1) is 20.4. The first-order valence-corrected chi connectivity index (χ1v) is 9.77. The number of rotatable bonds is 6. The first-order valence-electron chi connectivity index (χ1n) is 8.89. The van der Waals surface area contributed by atoms with Crippen LogP contribution in [-0.4, -0.2) is 28.8 Å². The number of hydrogen-bond donors (Lipinski definition) is 2. The number of thiazole rings is 1. The van der Waals surface area contributed by atoms with Crippen LogP contribution in [0.5, 0.6) is 0 Å². The number of nitrogens with two attached hydrogens (primary N) is 1. The van der Waals surface area contributed by atoms with Gasteiger partial charge in [0, 0.05) is 37.2 Å². The van der Waals surface area contributed by atoms with E-state index in [9.17, 15) is 14.0 Å². The molecule has 0 aliphatic carbocycles. The molecule has 7 nitrogen and oxygen atoms in total. The number of aromatic nitrogens is 2. The Bertz CT molecular complexity index is 1040.